The first-order valence-corrected chi connectivity index (χ1v) is 12.4. The second-order valence-corrected chi connectivity index (χ2v) is 11.3. The number of nitrogens with one attached hydrogen (secondary N) is 1. The number of rotatable bonds is 6. The van der Waals surface area contributed by atoms with Gasteiger partial charge in [-0.25, -0.2) is 13.4 Å². The van der Waals surface area contributed by atoms with Crippen molar-refractivity contribution < 1.29 is 22.7 Å². The normalized spacial score (nSPS) is 17.4. The summed E-state index contributed by atoms with van der Waals surface area (Å²) in [6.07, 6.45) is 1.03. The Hall–Kier alpha value is -1.92. The van der Waals surface area contributed by atoms with Gasteiger partial charge in [0.25, 0.3) is 10.0 Å². The number of fused-ring (bicyclic) bond motifs is 1. The molecule has 1 aliphatic heterocycles. The number of benzene rings is 1. The number of carbonyl (C=O) groups is 1. The number of thiophene rings is 1. The molecule has 1 N–H and O–H groups in total. The number of amides is 1. The number of hydrogen-bond donors (Lipinski definition) is 1. The molecule has 1 aromatic carbocycles. The van der Waals surface area contributed by atoms with Gasteiger partial charge in [-0.05, 0) is 37.1 Å². The number of sulfonamides is 1. The zero-order valence-corrected chi connectivity index (χ0v) is 19.3. The number of thiazole rings is 1. The minimum Gasteiger partial charge on any atom is -0.495 e. The molecule has 4 rings (SSSR count). The van der Waals surface area contributed by atoms with Crippen molar-refractivity contribution in [2.24, 2.45) is 0 Å². The molecule has 1 amide bonds. The smallest absolute Gasteiger partial charge is 0.253 e. The van der Waals surface area contributed by atoms with E-state index in [9.17, 15) is 13.2 Å². The molecule has 0 bridgehead atoms. The molecule has 0 aliphatic carbocycles. The highest BCUT2D eigenvalue weighted by Gasteiger charge is 2.40. The van der Waals surface area contributed by atoms with E-state index in [0.29, 0.717) is 39.3 Å². The Morgan fingerprint density at radius 3 is 2.60 bits per heavy atom. The van der Waals surface area contributed by atoms with Crippen molar-refractivity contribution in [3.05, 3.63) is 28.6 Å². The summed E-state index contributed by atoms with van der Waals surface area (Å²) >= 11 is 8.11. The number of anilines is 1. The molecule has 1 aliphatic rings. The largest absolute Gasteiger partial charge is 0.495 e. The fourth-order valence-corrected chi connectivity index (χ4v) is 7.61. The number of methoxy groups -OCH3 is 2. The van der Waals surface area contributed by atoms with Gasteiger partial charge in [0, 0.05) is 6.54 Å². The molecule has 1 fully saturated rings. The zero-order chi connectivity index (χ0) is 21.5. The van der Waals surface area contributed by atoms with E-state index in [1.54, 1.807) is 19.2 Å². The van der Waals surface area contributed by atoms with Crippen LogP contribution in [0.3, 0.4) is 0 Å². The first-order valence-electron chi connectivity index (χ1n) is 8.94. The number of aromatic nitrogens is 1. The van der Waals surface area contributed by atoms with Crippen LogP contribution in [-0.4, -0.2) is 50.4 Å². The van der Waals surface area contributed by atoms with Gasteiger partial charge in [0.05, 0.1) is 18.6 Å². The SMILES string of the molecule is COc1ccc(OC)c2sc(NC(=O)[C@H]3CCCN3S(=O)(=O)c3ccc(Cl)s3)nc12. The fraction of sp³-hybridized carbons (Fsp3) is 0.333. The predicted molar refractivity (Wildman–Crippen MR) is 118 cm³/mol. The Bertz CT molecular complexity index is 1170. The molecular formula is C18H18ClN3O5S3. The van der Waals surface area contributed by atoms with E-state index in [-0.39, 0.29) is 10.8 Å². The number of hydrogen-bond acceptors (Lipinski definition) is 8. The zero-order valence-electron chi connectivity index (χ0n) is 16.0. The summed E-state index contributed by atoms with van der Waals surface area (Å²) in [6.45, 7) is 0.275. The minimum absolute atomic E-state index is 0.127. The second-order valence-electron chi connectivity index (χ2n) is 6.49. The molecule has 1 saturated heterocycles. The van der Waals surface area contributed by atoms with E-state index in [0.717, 1.165) is 16.0 Å². The summed E-state index contributed by atoms with van der Waals surface area (Å²) in [5.41, 5.74) is 0.571. The lowest BCUT2D eigenvalue weighted by Crippen LogP contribution is -2.42. The Kier molecular flexibility index (Phi) is 5.90. The van der Waals surface area contributed by atoms with Crippen LogP contribution in [0.15, 0.2) is 28.5 Å². The molecule has 2 aromatic heterocycles. The highest BCUT2D eigenvalue weighted by molar-refractivity contribution is 7.91. The molecular weight excluding hydrogens is 470 g/mol. The van der Waals surface area contributed by atoms with E-state index in [1.165, 1.54) is 34.9 Å². The quantitative estimate of drug-likeness (QED) is 0.567. The van der Waals surface area contributed by atoms with E-state index in [4.69, 9.17) is 21.1 Å². The van der Waals surface area contributed by atoms with Crippen molar-refractivity contribution in [3.8, 4) is 11.5 Å². The Labute approximate surface area is 186 Å². The average Bonchev–Trinajstić information content (AvgIpc) is 3.46. The molecule has 3 aromatic rings. The summed E-state index contributed by atoms with van der Waals surface area (Å²) in [5, 5.41) is 3.11. The molecule has 8 nitrogen and oxygen atoms in total. The molecule has 12 heteroatoms. The van der Waals surface area contributed by atoms with E-state index >= 15 is 0 Å². The lowest BCUT2D eigenvalue weighted by molar-refractivity contribution is -0.119. The first kappa shape index (κ1) is 21.3. The molecule has 0 radical (unpaired) electrons. The van der Waals surface area contributed by atoms with Gasteiger partial charge in [0.2, 0.25) is 5.91 Å². The van der Waals surface area contributed by atoms with Crippen LogP contribution in [0.1, 0.15) is 12.8 Å². The van der Waals surface area contributed by atoms with Crippen LogP contribution >= 0.6 is 34.3 Å². The number of ether oxygens (including phenoxy) is 2. The van der Waals surface area contributed by atoms with Gasteiger partial charge in [-0.15, -0.1) is 11.3 Å². The maximum atomic E-state index is 13.0. The standard InChI is InChI=1S/C18H18ClN3O5S3/c1-26-11-5-6-12(27-2)16-15(11)20-18(29-16)21-17(23)10-4-3-9-22(10)30(24,25)14-8-7-13(19)28-14/h5-8,10H,3-4,9H2,1-2H3,(H,20,21,23)/t10-/m1/s1. The van der Waals surface area contributed by atoms with Crippen molar-refractivity contribution in [1.82, 2.24) is 9.29 Å². The van der Waals surface area contributed by atoms with Gasteiger partial charge in [-0.2, -0.15) is 4.31 Å². The van der Waals surface area contributed by atoms with Gasteiger partial charge in [-0.1, -0.05) is 22.9 Å². The third-order valence-corrected chi connectivity index (χ3v) is 9.35. The van der Waals surface area contributed by atoms with E-state index < -0.39 is 22.0 Å². The highest BCUT2D eigenvalue weighted by Crippen LogP contribution is 2.39. The van der Waals surface area contributed by atoms with Crippen molar-refractivity contribution in [1.29, 1.82) is 0 Å². The van der Waals surface area contributed by atoms with Crippen molar-refractivity contribution >= 4 is 65.6 Å². The van der Waals surface area contributed by atoms with Gasteiger partial charge in [0.1, 0.15) is 32.0 Å². The maximum Gasteiger partial charge on any atom is 0.253 e. The van der Waals surface area contributed by atoms with Crippen LogP contribution in [-0.2, 0) is 14.8 Å². The van der Waals surface area contributed by atoms with Gasteiger partial charge in [-0.3, -0.25) is 4.79 Å². The van der Waals surface area contributed by atoms with E-state index in [2.05, 4.69) is 10.3 Å². The number of carbonyl (C=O) groups excluding carboxylic acids is 1. The highest BCUT2D eigenvalue weighted by atomic mass is 35.5. The molecule has 30 heavy (non-hydrogen) atoms. The number of halogens is 1. The average molecular weight is 488 g/mol. The molecule has 160 valence electrons. The van der Waals surface area contributed by atoms with Gasteiger partial charge >= 0.3 is 0 Å². The van der Waals surface area contributed by atoms with Gasteiger partial charge < -0.3 is 14.8 Å². The molecule has 0 spiro atoms. The van der Waals surface area contributed by atoms with Crippen LogP contribution in [0, 0.1) is 0 Å². The summed E-state index contributed by atoms with van der Waals surface area (Å²) in [4.78, 5) is 17.4. The lowest BCUT2D eigenvalue weighted by Gasteiger charge is -2.22. The Morgan fingerprint density at radius 1 is 1.20 bits per heavy atom. The topological polar surface area (TPSA) is 97.8 Å². The Balaban J connectivity index is 1.60. The van der Waals surface area contributed by atoms with Crippen molar-refractivity contribution in [2.45, 2.75) is 23.1 Å². The van der Waals surface area contributed by atoms with E-state index in [1.807, 2.05) is 0 Å². The molecule has 1 atom stereocenters. The lowest BCUT2D eigenvalue weighted by atomic mass is 10.2. The first-order chi connectivity index (χ1) is 14.3. The van der Waals surface area contributed by atoms with Crippen LogP contribution < -0.4 is 14.8 Å². The summed E-state index contributed by atoms with van der Waals surface area (Å²) < 4.78 is 39.1. The molecule has 0 unspecified atom stereocenters. The third kappa shape index (κ3) is 3.76. The minimum atomic E-state index is -3.80. The monoisotopic (exact) mass is 487 g/mol. The van der Waals surface area contributed by atoms with Crippen LogP contribution in [0.5, 0.6) is 11.5 Å². The molecule has 3 heterocycles. The Morgan fingerprint density at radius 2 is 1.93 bits per heavy atom. The predicted octanol–water partition coefficient (Wildman–Crippen LogP) is 3.82. The fourth-order valence-electron chi connectivity index (χ4n) is 3.37. The third-order valence-electron chi connectivity index (χ3n) is 4.76. The van der Waals surface area contributed by atoms with Crippen LogP contribution in [0.25, 0.3) is 10.2 Å². The summed E-state index contributed by atoms with van der Waals surface area (Å²) in [6, 6.07) is 5.69. The summed E-state index contributed by atoms with van der Waals surface area (Å²) in [7, 11) is -0.709. The maximum absolute atomic E-state index is 13.0. The van der Waals surface area contributed by atoms with Crippen molar-refractivity contribution in [2.75, 3.05) is 26.1 Å². The van der Waals surface area contributed by atoms with Crippen LogP contribution in [0.2, 0.25) is 4.34 Å². The molecule has 0 saturated carbocycles. The number of nitrogens with zero attached hydrogens (tertiary/aromatic N) is 2. The summed E-state index contributed by atoms with van der Waals surface area (Å²) in [5.74, 6) is 0.751. The second kappa shape index (κ2) is 8.31. The van der Waals surface area contributed by atoms with Crippen molar-refractivity contribution in [3.63, 3.8) is 0 Å². The van der Waals surface area contributed by atoms with Crippen LogP contribution in [0.4, 0.5) is 5.13 Å². The van der Waals surface area contributed by atoms with Gasteiger partial charge in [0.15, 0.2) is 5.13 Å².